The third-order valence-corrected chi connectivity index (χ3v) is 3.68. The van der Waals surface area contributed by atoms with Gasteiger partial charge in [-0.25, -0.2) is 0 Å². The van der Waals surface area contributed by atoms with Crippen LogP contribution in [0.4, 0.5) is 5.69 Å². The van der Waals surface area contributed by atoms with E-state index >= 15 is 0 Å². The molecule has 21 heavy (non-hydrogen) atoms. The number of nitrogens with one attached hydrogen (secondary N) is 1. The molecule has 2 rings (SSSR count). The lowest BCUT2D eigenvalue weighted by Crippen LogP contribution is -2.12. The summed E-state index contributed by atoms with van der Waals surface area (Å²) in [5.41, 5.74) is 8.70. The van der Waals surface area contributed by atoms with Crippen LogP contribution in [0.5, 0.6) is 0 Å². The lowest BCUT2D eigenvalue weighted by atomic mass is 10.1. The number of carbonyl (C=O) groups excluding carboxylic acids is 1. The van der Waals surface area contributed by atoms with Gasteiger partial charge in [0.15, 0.2) is 0 Å². The number of amides is 1. The first-order valence-electron chi connectivity index (χ1n) is 6.57. The average molecular weight is 300 g/mol. The molecule has 6 heteroatoms. The molecule has 0 bridgehead atoms. The van der Waals surface area contributed by atoms with Crippen LogP contribution in [0, 0.1) is 18.8 Å². The Kier molecular flexibility index (Phi) is 5.04. The molecule has 0 atom stereocenters. The molecule has 1 heterocycles. The molecular weight excluding hydrogens is 284 g/mol. The fourth-order valence-electron chi connectivity index (χ4n) is 1.78. The van der Waals surface area contributed by atoms with Crippen molar-refractivity contribution in [2.24, 2.45) is 5.73 Å². The number of hydrogen-bond acceptors (Lipinski definition) is 5. The highest BCUT2D eigenvalue weighted by atomic mass is 32.1. The van der Waals surface area contributed by atoms with Gasteiger partial charge in [0, 0.05) is 11.3 Å². The molecule has 0 spiro atoms. The summed E-state index contributed by atoms with van der Waals surface area (Å²) >= 11 is 1.11. The second-order valence-electron chi connectivity index (χ2n) is 4.39. The molecule has 1 aromatic heterocycles. The molecule has 0 radical (unpaired) electrons. The Morgan fingerprint density at radius 2 is 2.29 bits per heavy atom. The molecule has 0 saturated carbocycles. The molecule has 1 amide bonds. The first-order valence-corrected chi connectivity index (χ1v) is 7.35. The highest BCUT2D eigenvalue weighted by Gasteiger charge is 2.15. The van der Waals surface area contributed by atoms with Crippen molar-refractivity contribution in [3.63, 3.8) is 0 Å². The Morgan fingerprint density at radius 1 is 1.48 bits per heavy atom. The van der Waals surface area contributed by atoms with E-state index in [1.165, 1.54) is 0 Å². The Morgan fingerprint density at radius 3 is 3.00 bits per heavy atom. The summed E-state index contributed by atoms with van der Waals surface area (Å²) < 4.78 is 3.82. The predicted molar refractivity (Wildman–Crippen MR) is 84.4 cm³/mol. The van der Waals surface area contributed by atoms with E-state index in [9.17, 15) is 4.79 Å². The van der Waals surface area contributed by atoms with Crippen molar-refractivity contribution < 1.29 is 4.79 Å². The molecule has 0 unspecified atom stereocenters. The molecule has 0 aliphatic rings. The number of carbonyl (C=O) groups is 1. The molecule has 3 N–H and O–H groups in total. The van der Waals surface area contributed by atoms with Gasteiger partial charge in [-0.3, -0.25) is 4.79 Å². The first kappa shape index (κ1) is 15.2. The van der Waals surface area contributed by atoms with E-state index in [-0.39, 0.29) is 5.91 Å². The van der Waals surface area contributed by atoms with Crippen molar-refractivity contribution in [3.8, 4) is 11.8 Å². The highest BCUT2D eigenvalue weighted by Crippen LogP contribution is 2.18. The van der Waals surface area contributed by atoms with Gasteiger partial charge in [-0.15, -0.1) is 5.10 Å². The molecular formula is C15H16N4OS. The van der Waals surface area contributed by atoms with Crippen LogP contribution < -0.4 is 11.1 Å². The summed E-state index contributed by atoms with van der Waals surface area (Å²) in [5.74, 6) is 5.62. The zero-order chi connectivity index (χ0) is 15.2. The maximum atomic E-state index is 12.2. The fourth-order valence-corrected chi connectivity index (χ4v) is 2.43. The van der Waals surface area contributed by atoms with Crippen LogP contribution in [-0.2, 0) is 6.42 Å². The number of nitrogens with two attached hydrogens (primary N) is 1. The second-order valence-corrected chi connectivity index (χ2v) is 5.15. The Bertz CT molecular complexity index is 712. The normalized spacial score (nSPS) is 9.86. The van der Waals surface area contributed by atoms with Crippen molar-refractivity contribution >= 4 is 23.1 Å². The molecule has 0 fully saturated rings. The van der Waals surface area contributed by atoms with E-state index in [0.29, 0.717) is 29.2 Å². The third-order valence-electron chi connectivity index (χ3n) is 2.92. The summed E-state index contributed by atoms with van der Waals surface area (Å²) in [6.45, 7) is 4.22. The Labute approximate surface area is 127 Å². The van der Waals surface area contributed by atoms with Crippen molar-refractivity contribution in [3.05, 3.63) is 39.9 Å². The van der Waals surface area contributed by atoms with Crippen LogP contribution in [-0.4, -0.2) is 22.0 Å². The van der Waals surface area contributed by atoms with E-state index in [4.69, 9.17) is 5.73 Å². The maximum Gasteiger partial charge on any atom is 0.269 e. The van der Waals surface area contributed by atoms with E-state index in [0.717, 1.165) is 22.7 Å². The minimum atomic E-state index is -0.191. The number of anilines is 1. The van der Waals surface area contributed by atoms with Gasteiger partial charge < -0.3 is 11.1 Å². The monoisotopic (exact) mass is 300 g/mol. The summed E-state index contributed by atoms with van der Waals surface area (Å²) in [6.07, 6.45) is 0.681. The second kappa shape index (κ2) is 6.97. The zero-order valence-electron chi connectivity index (χ0n) is 11.9. The number of aromatic nitrogens is 2. The van der Waals surface area contributed by atoms with E-state index in [1.807, 2.05) is 32.0 Å². The van der Waals surface area contributed by atoms with Crippen molar-refractivity contribution in [1.82, 2.24) is 9.59 Å². The van der Waals surface area contributed by atoms with Gasteiger partial charge >= 0.3 is 0 Å². The predicted octanol–water partition coefficient (Wildman–Crippen LogP) is 1.97. The van der Waals surface area contributed by atoms with Gasteiger partial charge in [0.05, 0.1) is 12.2 Å². The number of hydrogen-bond donors (Lipinski definition) is 2. The molecule has 0 saturated heterocycles. The first-order chi connectivity index (χ1) is 10.2. The van der Waals surface area contributed by atoms with E-state index < -0.39 is 0 Å². The summed E-state index contributed by atoms with van der Waals surface area (Å²) in [7, 11) is 0. The maximum absolute atomic E-state index is 12.2. The van der Waals surface area contributed by atoms with Crippen LogP contribution in [0.25, 0.3) is 0 Å². The van der Waals surface area contributed by atoms with Crippen molar-refractivity contribution in [1.29, 1.82) is 0 Å². The number of aryl methyl sites for hydroxylation is 2. The van der Waals surface area contributed by atoms with Crippen LogP contribution in [0.3, 0.4) is 0 Å². The largest absolute Gasteiger partial charge is 0.321 e. The Balaban J connectivity index is 2.22. The van der Waals surface area contributed by atoms with E-state index in [2.05, 4.69) is 26.7 Å². The standard InChI is InChI=1S/C15H16N4OS/c1-3-13-14(21-19-18-13)15(20)17-12-7-6-10(2)11(9-12)5-4-8-16/h6-7,9H,3,8,16H2,1-2H3,(H,17,20). The third kappa shape index (κ3) is 3.66. The van der Waals surface area contributed by atoms with E-state index in [1.54, 1.807) is 0 Å². The fraction of sp³-hybridized carbons (Fsp3) is 0.267. The molecule has 5 nitrogen and oxygen atoms in total. The summed E-state index contributed by atoms with van der Waals surface area (Å²) in [5, 5.41) is 6.80. The van der Waals surface area contributed by atoms with Gasteiger partial charge in [0.1, 0.15) is 4.88 Å². The minimum Gasteiger partial charge on any atom is -0.321 e. The van der Waals surface area contributed by atoms with Crippen molar-refractivity contribution in [2.45, 2.75) is 20.3 Å². The van der Waals surface area contributed by atoms with Gasteiger partial charge in [-0.1, -0.05) is 29.3 Å². The van der Waals surface area contributed by atoms with Gasteiger partial charge in [-0.05, 0) is 42.6 Å². The number of nitrogens with zero attached hydrogens (tertiary/aromatic N) is 2. The summed E-state index contributed by atoms with van der Waals surface area (Å²) in [6, 6.07) is 5.61. The molecule has 0 aliphatic carbocycles. The quantitative estimate of drug-likeness (QED) is 0.849. The molecule has 0 aliphatic heterocycles. The Hall–Kier alpha value is -2.23. The van der Waals surface area contributed by atoms with Crippen LogP contribution in [0.15, 0.2) is 18.2 Å². The highest BCUT2D eigenvalue weighted by molar-refractivity contribution is 7.08. The number of rotatable bonds is 3. The summed E-state index contributed by atoms with van der Waals surface area (Å²) in [4.78, 5) is 12.8. The van der Waals surface area contributed by atoms with Crippen LogP contribution in [0.2, 0.25) is 0 Å². The topological polar surface area (TPSA) is 80.9 Å². The number of benzene rings is 1. The minimum absolute atomic E-state index is 0.191. The van der Waals surface area contributed by atoms with Crippen molar-refractivity contribution in [2.75, 3.05) is 11.9 Å². The van der Waals surface area contributed by atoms with Crippen LogP contribution in [0.1, 0.15) is 33.4 Å². The SMILES string of the molecule is CCc1nnsc1C(=O)Nc1ccc(C)c(C#CCN)c1. The molecule has 1 aromatic carbocycles. The van der Waals surface area contributed by atoms with Crippen LogP contribution >= 0.6 is 11.5 Å². The average Bonchev–Trinajstić information content (AvgIpc) is 2.96. The lowest BCUT2D eigenvalue weighted by Gasteiger charge is -2.06. The van der Waals surface area contributed by atoms with Gasteiger partial charge in [-0.2, -0.15) is 0 Å². The molecule has 2 aromatic rings. The van der Waals surface area contributed by atoms with Gasteiger partial charge in [0.2, 0.25) is 0 Å². The lowest BCUT2D eigenvalue weighted by molar-refractivity contribution is 0.102. The van der Waals surface area contributed by atoms with Gasteiger partial charge in [0.25, 0.3) is 5.91 Å². The zero-order valence-corrected chi connectivity index (χ0v) is 12.8. The molecule has 108 valence electrons. The smallest absolute Gasteiger partial charge is 0.269 e.